The number of alkyl carbamates (subject to hydrolysis) is 1. The number of alkyl halides is 1. The van der Waals surface area contributed by atoms with Gasteiger partial charge in [-0.15, -0.1) is 0 Å². The third-order valence-electron chi connectivity index (χ3n) is 2.06. The van der Waals surface area contributed by atoms with Gasteiger partial charge in [-0.25, -0.2) is 9.59 Å². The van der Waals surface area contributed by atoms with E-state index in [2.05, 4.69) is 27.9 Å². The lowest BCUT2D eigenvalue weighted by Gasteiger charge is -2.28. The van der Waals surface area contributed by atoms with E-state index in [1.165, 1.54) is 6.92 Å². The van der Waals surface area contributed by atoms with Gasteiger partial charge in [-0.2, -0.15) is 0 Å². The number of aliphatic carboxylic acids is 1. The second-order valence-electron chi connectivity index (χ2n) is 5.06. The highest BCUT2D eigenvalue weighted by atomic mass is 127. The fourth-order valence-electron chi connectivity index (χ4n) is 1.17. The molecule has 0 saturated heterocycles. The van der Waals surface area contributed by atoms with Crippen molar-refractivity contribution >= 4 is 34.7 Å². The first-order chi connectivity index (χ1) is 7.60. The Morgan fingerprint density at radius 1 is 1.29 bits per heavy atom. The van der Waals surface area contributed by atoms with E-state index in [1.807, 2.05) is 0 Å². The van der Waals surface area contributed by atoms with Crippen molar-refractivity contribution in [3.05, 3.63) is 0 Å². The minimum Gasteiger partial charge on any atom is -0.480 e. The molecule has 0 fully saturated rings. The Morgan fingerprint density at radius 2 is 1.82 bits per heavy atom. The van der Waals surface area contributed by atoms with Gasteiger partial charge in [-0.3, -0.25) is 0 Å². The van der Waals surface area contributed by atoms with Gasteiger partial charge in [0.15, 0.2) is 0 Å². The number of ether oxygens (including phenoxy) is 1. The van der Waals surface area contributed by atoms with Gasteiger partial charge in [-0.1, -0.05) is 22.6 Å². The van der Waals surface area contributed by atoms with Gasteiger partial charge in [0.2, 0.25) is 0 Å². The zero-order valence-electron chi connectivity index (χ0n) is 10.7. The molecule has 0 radical (unpaired) electrons. The molecular weight excluding hydrogens is 337 g/mol. The molecule has 0 heterocycles. The SMILES string of the molecule is CC(C)(C)OC(=O)NC(C)(CCCI)C(=O)O. The summed E-state index contributed by atoms with van der Waals surface area (Å²) in [4.78, 5) is 22.7. The number of carboxylic acid groups (broad SMARTS) is 1. The third kappa shape index (κ3) is 6.70. The van der Waals surface area contributed by atoms with Crippen LogP contribution in [0.15, 0.2) is 0 Å². The van der Waals surface area contributed by atoms with Crippen LogP contribution in [0, 0.1) is 0 Å². The summed E-state index contributed by atoms with van der Waals surface area (Å²) in [6, 6.07) is 0. The third-order valence-corrected chi connectivity index (χ3v) is 2.82. The molecule has 1 atom stereocenters. The number of nitrogens with one attached hydrogen (secondary N) is 1. The topological polar surface area (TPSA) is 75.6 Å². The molecule has 5 nitrogen and oxygen atoms in total. The molecule has 100 valence electrons. The van der Waals surface area contributed by atoms with Gasteiger partial charge < -0.3 is 15.2 Å². The van der Waals surface area contributed by atoms with Crippen molar-refractivity contribution in [2.45, 2.75) is 51.7 Å². The number of hydrogen-bond donors (Lipinski definition) is 2. The normalized spacial score (nSPS) is 14.9. The van der Waals surface area contributed by atoms with Crippen molar-refractivity contribution in [2.24, 2.45) is 0 Å². The highest BCUT2D eigenvalue weighted by molar-refractivity contribution is 14.1. The fourth-order valence-corrected chi connectivity index (χ4v) is 1.55. The van der Waals surface area contributed by atoms with Crippen LogP contribution in [0.1, 0.15) is 40.5 Å². The summed E-state index contributed by atoms with van der Waals surface area (Å²) in [5.41, 5.74) is -1.90. The lowest BCUT2D eigenvalue weighted by Crippen LogP contribution is -2.53. The van der Waals surface area contributed by atoms with Gasteiger partial charge in [0, 0.05) is 0 Å². The van der Waals surface area contributed by atoms with Crippen LogP contribution >= 0.6 is 22.6 Å². The maximum absolute atomic E-state index is 11.5. The van der Waals surface area contributed by atoms with Crippen LogP contribution in [0.5, 0.6) is 0 Å². The van der Waals surface area contributed by atoms with Crippen molar-refractivity contribution in [1.29, 1.82) is 0 Å². The van der Waals surface area contributed by atoms with Crippen molar-refractivity contribution in [3.8, 4) is 0 Å². The van der Waals surface area contributed by atoms with Crippen LogP contribution in [-0.4, -0.2) is 32.7 Å². The summed E-state index contributed by atoms with van der Waals surface area (Å²) in [7, 11) is 0. The molecule has 1 amide bonds. The van der Waals surface area contributed by atoms with Crippen molar-refractivity contribution < 1.29 is 19.4 Å². The summed E-state index contributed by atoms with van der Waals surface area (Å²) < 4.78 is 5.89. The molecule has 0 saturated carbocycles. The molecule has 0 aromatic heterocycles. The zero-order chi connectivity index (χ0) is 13.7. The average Bonchev–Trinajstić information content (AvgIpc) is 2.11. The highest BCUT2D eigenvalue weighted by Crippen LogP contribution is 2.16. The Labute approximate surface area is 115 Å². The molecule has 0 aromatic rings. The van der Waals surface area contributed by atoms with Crippen LogP contribution in [0.2, 0.25) is 0 Å². The van der Waals surface area contributed by atoms with E-state index in [4.69, 9.17) is 9.84 Å². The Bertz CT molecular complexity index is 288. The Balaban J connectivity index is 4.55. The van der Waals surface area contributed by atoms with Crippen LogP contribution < -0.4 is 5.32 Å². The predicted molar refractivity (Wildman–Crippen MR) is 73.5 cm³/mol. The first kappa shape index (κ1) is 16.5. The zero-order valence-corrected chi connectivity index (χ0v) is 12.8. The van der Waals surface area contributed by atoms with Crippen LogP contribution in [0.3, 0.4) is 0 Å². The lowest BCUT2D eigenvalue weighted by molar-refractivity contribution is -0.144. The number of halogens is 1. The molecule has 2 N–H and O–H groups in total. The first-order valence-corrected chi connectivity index (χ1v) is 6.94. The van der Waals surface area contributed by atoms with Gasteiger partial charge in [0.05, 0.1) is 0 Å². The second kappa shape index (κ2) is 6.42. The van der Waals surface area contributed by atoms with Crippen molar-refractivity contribution in [2.75, 3.05) is 4.43 Å². The number of hydrogen-bond acceptors (Lipinski definition) is 3. The van der Waals surface area contributed by atoms with E-state index in [1.54, 1.807) is 20.8 Å². The minimum absolute atomic E-state index is 0.379. The number of carbonyl (C=O) groups is 2. The Morgan fingerprint density at radius 3 is 2.18 bits per heavy atom. The quantitative estimate of drug-likeness (QED) is 0.586. The molecular formula is C11H20INO4. The van der Waals surface area contributed by atoms with Gasteiger partial charge in [-0.05, 0) is 45.0 Å². The van der Waals surface area contributed by atoms with Crippen LogP contribution in [0.4, 0.5) is 4.79 Å². The highest BCUT2D eigenvalue weighted by Gasteiger charge is 2.35. The molecule has 0 aliphatic carbocycles. The van der Waals surface area contributed by atoms with E-state index < -0.39 is 23.2 Å². The number of amides is 1. The molecule has 17 heavy (non-hydrogen) atoms. The largest absolute Gasteiger partial charge is 0.480 e. The monoisotopic (exact) mass is 357 g/mol. The number of rotatable bonds is 5. The van der Waals surface area contributed by atoms with E-state index in [9.17, 15) is 9.59 Å². The number of carboxylic acids is 1. The average molecular weight is 357 g/mol. The maximum atomic E-state index is 11.5. The van der Waals surface area contributed by atoms with Gasteiger partial charge >= 0.3 is 12.1 Å². The summed E-state index contributed by atoms with van der Waals surface area (Å²) >= 11 is 2.17. The number of carbonyl (C=O) groups excluding carboxylic acids is 1. The predicted octanol–water partition coefficient (Wildman–Crippen LogP) is 2.57. The molecule has 6 heteroatoms. The second-order valence-corrected chi connectivity index (χ2v) is 6.14. The molecule has 0 rings (SSSR count). The Hall–Kier alpha value is -0.530. The smallest absolute Gasteiger partial charge is 0.408 e. The van der Waals surface area contributed by atoms with Crippen molar-refractivity contribution in [1.82, 2.24) is 5.32 Å². The van der Waals surface area contributed by atoms with E-state index in [-0.39, 0.29) is 0 Å². The standard InChI is InChI=1S/C11H20INO4/c1-10(2,3)17-9(16)13-11(4,8(14)15)6-5-7-12/h5-7H2,1-4H3,(H,13,16)(H,14,15). The van der Waals surface area contributed by atoms with Gasteiger partial charge in [0.25, 0.3) is 0 Å². The molecule has 0 bridgehead atoms. The van der Waals surface area contributed by atoms with Crippen molar-refractivity contribution in [3.63, 3.8) is 0 Å². The lowest BCUT2D eigenvalue weighted by atomic mass is 9.97. The fraction of sp³-hybridized carbons (Fsp3) is 0.818. The summed E-state index contributed by atoms with van der Waals surface area (Å²) in [5.74, 6) is -1.05. The molecule has 0 aliphatic rings. The van der Waals surface area contributed by atoms with E-state index in [0.29, 0.717) is 6.42 Å². The minimum atomic E-state index is -1.27. The van der Waals surface area contributed by atoms with E-state index >= 15 is 0 Å². The van der Waals surface area contributed by atoms with Gasteiger partial charge in [0.1, 0.15) is 11.1 Å². The van der Waals surface area contributed by atoms with Crippen LogP contribution in [0.25, 0.3) is 0 Å². The molecule has 0 spiro atoms. The van der Waals surface area contributed by atoms with Crippen LogP contribution in [-0.2, 0) is 9.53 Å². The molecule has 0 aromatic carbocycles. The molecule has 1 unspecified atom stereocenters. The van der Waals surface area contributed by atoms with E-state index in [0.717, 1.165) is 10.8 Å². The summed E-state index contributed by atoms with van der Waals surface area (Å²) in [6.45, 7) is 6.69. The summed E-state index contributed by atoms with van der Waals surface area (Å²) in [6.07, 6.45) is 0.403. The first-order valence-electron chi connectivity index (χ1n) is 5.41. The maximum Gasteiger partial charge on any atom is 0.408 e. The Kier molecular flexibility index (Phi) is 6.22. The summed E-state index contributed by atoms with van der Waals surface area (Å²) in [5, 5.41) is 11.6. The molecule has 0 aliphatic heterocycles.